The highest BCUT2D eigenvalue weighted by Gasteiger charge is 2.26. The first-order chi connectivity index (χ1) is 13.5. The van der Waals surface area contributed by atoms with Crippen molar-refractivity contribution < 1.29 is 4.79 Å². The monoisotopic (exact) mass is 430 g/mol. The Hall–Kier alpha value is -2.41. The maximum absolute atomic E-state index is 13.5. The van der Waals surface area contributed by atoms with Crippen molar-refractivity contribution in [3.8, 4) is 0 Å². The molecule has 0 saturated carbocycles. The quantitative estimate of drug-likeness (QED) is 0.682. The van der Waals surface area contributed by atoms with Crippen molar-refractivity contribution >= 4 is 46.9 Å². The molecule has 0 atom stereocenters. The van der Waals surface area contributed by atoms with E-state index in [0.717, 1.165) is 16.8 Å². The number of hydrogen-bond donors (Lipinski definition) is 1. The summed E-state index contributed by atoms with van der Waals surface area (Å²) in [5, 5.41) is 0.950. The molecule has 2 aliphatic rings. The van der Waals surface area contributed by atoms with E-state index in [9.17, 15) is 4.79 Å². The summed E-state index contributed by atoms with van der Waals surface area (Å²) in [5.74, 6) is -0.139. The molecule has 0 spiro atoms. The standard InChI is InChI=1S/C20H16Cl2N4OS/c1-13-10-23-5-4-18(13)20(27)25(17-8-15(21)7-16(22)9-17)12-14-3-2-6-26-19(14)11-24-28-26/h2-11,24H,12H2,1H3. The van der Waals surface area contributed by atoms with Gasteiger partial charge in [0.2, 0.25) is 0 Å². The van der Waals surface area contributed by atoms with Crippen LogP contribution in [0.4, 0.5) is 5.69 Å². The highest BCUT2D eigenvalue weighted by atomic mass is 35.5. The number of carbonyl (C=O) groups excluding carboxylic acids is 1. The van der Waals surface area contributed by atoms with Gasteiger partial charge in [0.05, 0.1) is 24.4 Å². The molecule has 1 N–H and O–H groups in total. The number of rotatable bonds is 4. The van der Waals surface area contributed by atoms with E-state index in [1.54, 1.807) is 41.6 Å². The second-order valence-corrected chi connectivity index (χ2v) is 7.99. The average molecular weight is 431 g/mol. The van der Waals surface area contributed by atoms with E-state index in [-0.39, 0.29) is 5.91 Å². The summed E-state index contributed by atoms with van der Waals surface area (Å²) in [5.41, 5.74) is 4.03. The molecule has 0 radical (unpaired) electrons. The minimum atomic E-state index is -0.139. The van der Waals surface area contributed by atoms with Crippen LogP contribution in [0, 0.1) is 6.92 Å². The Bertz CT molecular complexity index is 1010. The van der Waals surface area contributed by atoms with Gasteiger partial charge in [0.15, 0.2) is 0 Å². The van der Waals surface area contributed by atoms with Gasteiger partial charge < -0.3 is 9.62 Å². The zero-order valence-electron chi connectivity index (χ0n) is 14.9. The number of anilines is 1. The lowest BCUT2D eigenvalue weighted by Gasteiger charge is -2.28. The Morgan fingerprint density at radius 1 is 1.29 bits per heavy atom. The molecule has 4 rings (SSSR count). The smallest absolute Gasteiger partial charge is 0.258 e. The largest absolute Gasteiger partial charge is 0.316 e. The molecule has 3 heterocycles. The van der Waals surface area contributed by atoms with Gasteiger partial charge in [-0.05, 0) is 48.4 Å². The number of pyridine rings is 1. The van der Waals surface area contributed by atoms with Crippen molar-refractivity contribution in [3.05, 3.63) is 93.7 Å². The first kappa shape index (κ1) is 18.9. The first-order valence-electron chi connectivity index (χ1n) is 8.51. The average Bonchev–Trinajstić information content (AvgIpc) is 3.15. The lowest BCUT2D eigenvalue weighted by molar-refractivity contribution is 0.0988. The van der Waals surface area contributed by atoms with Gasteiger partial charge in [-0.25, -0.2) is 0 Å². The molecule has 2 aromatic rings. The third kappa shape index (κ3) is 3.76. The fourth-order valence-electron chi connectivity index (χ4n) is 3.06. The van der Waals surface area contributed by atoms with Crippen LogP contribution in [0.1, 0.15) is 15.9 Å². The highest BCUT2D eigenvalue weighted by molar-refractivity contribution is 7.95. The van der Waals surface area contributed by atoms with Gasteiger partial charge in [-0.2, -0.15) is 0 Å². The molecule has 1 amide bonds. The van der Waals surface area contributed by atoms with Crippen LogP contribution in [0.5, 0.6) is 0 Å². The van der Waals surface area contributed by atoms with Gasteiger partial charge >= 0.3 is 0 Å². The van der Waals surface area contributed by atoms with E-state index in [1.165, 1.54) is 12.1 Å². The molecule has 142 valence electrons. The first-order valence-corrected chi connectivity index (χ1v) is 10.0. The number of carbonyl (C=O) groups is 1. The Labute approximate surface area is 177 Å². The van der Waals surface area contributed by atoms with Crippen molar-refractivity contribution in [1.29, 1.82) is 0 Å². The fraction of sp³-hybridized carbons (Fsp3) is 0.100. The third-order valence-corrected chi connectivity index (χ3v) is 5.59. The predicted octanol–water partition coefficient (Wildman–Crippen LogP) is 5.11. The summed E-state index contributed by atoms with van der Waals surface area (Å²) in [6.07, 6.45) is 11.1. The number of aryl methyl sites for hydroxylation is 1. The SMILES string of the molecule is Cc1cnccc1C(=O)N(CC1=CC=CN2SNC=C12)c1cc(Cl)cc(Cl)c1. The van der Waals surface area contributed by atoms with Gasteiger partial charge in [-0.3, -0.25) is 14.1 Å². The number of nitrogens with zero attached hydrogens (tertiary/aromatic N) is 3. The van der Waals surface area contributed by atoms with E-state index in [0.29, 0.717) is 27.8 Å². The molecular formula is C20H16Cl2N4OS. The normalized spacial score (nSPS) is 14.9. The van der Waals surface area contributed by atoms with Crippen LogP contribution in [0.15, 0.2) is 72.5 Å². The summed E-state index contributed by atoms with van der Waals surface area (Å²) < 4.78 is 5.14. The lowest BCUT2D eigenvalue weighted by Crippen LogP contribution is -2.34. The molecule has 0 bridgehead atoms. The maximum atomic E-state index is 13.5. The Morgan fingerprint density at radius 2 is 2.07 bits per heavy atom. The van der Waals surface area contributed by atoms with E-state index in [1.807, 2.05) is 35.8 Å². The molecule has 0 aliphatic carbocycles. The Balaban J connectivity index is 1.75. The topological polar surface area (TPSA) is 48.5 Å². The van der Waals surface area contributed by atoms with Crippen molar-refractivity contribution in [1.82, 2.24) is 14.0 Å². The van der Waals surface area contributed by atoms with Gasteiger partial charge in [-0.1, -0.05) is 29.3 Å². The summed E-state index contributed by atoms with van der Waals surface area (Å²) in [6.45, 7) is 2.24. The number of fused-ring (bicyclic) bond motifs is 1. The minimum absolute atomic E-state index is 0.139. The Kier molecular flexibility index (Phi) is 5.35. The number of aromatic nitrogens is 1. The van der Waals surface area contributed by atoms with Gasteiger partial charge in [0.25, 0.3) is 5.91 Å². The van der Waals surface area contributed by atoms with Gasteiger partial charge in [-0.15, -0.1) is 0 Å². The number of allylic oxidation sites excluding steroid dienone is 2. The third-order valence-electron chi connectivity index (χ3n) is 4.42. The Morgan fingerprint density at radius 3 is 2.82 bits per heavy atom. The van der Waals surface area contributed by atoms with E-state index in [4.69, 9.17) is 23.2 Å². The predicted molar refractivity (Wildman–Crippen MR) is 115 cm³/mol. The zero-order chi connectivity index (χ0) is 19.7. The second-order valence-electron chi connectivity index (χ2n) is 6.31. The molecule has 28 heavy (non-hydrogen) atoms. The highest BCUT2D eigenvalue weighted by Crippen LogP contribution is 2.33. The van der Waals surface area contributed by atoms with Crippen LogP contribution in [-0.4, -0.2) is 21.7 Å². The molecule has 0 saturated heterocycles. The van der Waals surface area contributed by atoms with Crippen LogP contribution >= 0.6 is 35.3 Å². The molecule has 5 nitrogen and oxygen atoms in total. The van der Waals surface area contributed by atoms with E-state index < -0.39 is 0 Å². The molecule has 0 fully saturated rings. The number of amides is 1. The summed E-state index contributed by atoms with van der Waals surface area (Å²) in [7, 11) is 0. The van der Waals surface area contributed by atoms with E-state index >= 15 is 0 Å². The molecule has 0 unspecified atom stereocenters. The van der Waals surface area contributed by atoms with Crippen LogP contribution in [0.25, 0.3) is 0 Å². The van der Waals surface area contributed by atoms with Crippen LogP contribution in [0.3, 0.4) is 0 Å². The number of benzene rings is 1. The summed E-state index contributed by atoms with van der Waals surface area (Å²) in [6, 6.07) is 6.87. The van der Waals surface area contributed by atoms with Crippen LogP contribution in [0.2, 0.25) is 10.0 Å². The van der Waals surface area contributed by atoms with Crippen LogP contribution in [-0.2, 0) is 0 Å². The summed E-state index contributed by atoms with van der Waals surface area (Å²) in [4.78, 5) is 19.2. The van der Waals surface area contributed by atoms with Crippen molar-refractivity contribution in [2.75, 3.05) is 11.4 Å². The van der Waals surface area contributed by atoms with Gasteiger partial charge in [0, 0.05) is 46.1 Å². The molecule has 2 aliphatic heterocycles. The zero-order valence-corrected chi connectivity index (χ0v) is 17.2. The number of hydrogen-bond acceptors (Lipinski definition) is 5. The number of halogens is 2. The van der Waals surface area contributed by atoms with Crippen molar-refractivity contribution in [2.24, 2.45) is 0 Å². The fourth-order valence-corrected chi connectivity index (χ4v) is 4.25. The van der Waals surface area contributed by atoms with Crippen LogP contribution < -0.4 is 9.62 Å². The number of nitrogens with one attached hydrogen (secondary N) is 1. The second kappa shape index (κ2) is 7.91. The van der Waals surface area contributed by atoms with Gasteiger partial charge in [0.1, 0.15) is 0 Å². The minimum Gasteiger partial charge on any atom is -0.316 e. The molecule has 1 aromatic carbocycles. The molecule has 8 heteroatoms. The summed E-state index contributed by atoms with van der Waals surface area (Å²) >= 11 is 13.9. The van der Waals surface area contributed by atoms with Crippen molar-refractivity contribution in [2.45, 2.75) is 6.92 Å². The van der Waals surface area contributed by atoms with E-state index in [2.05, 4.69) is 9.71 Å². The maximum Gasteiger partial charge on any atom is 0.258 e. The van der Waals surface area contributed by atoms with Crippen molar-refractivity contribution in [3.63, 3.8) is 0 Å². The molecule has 1 aromatic heterocycles. The lowest BCUT2D eigenvalue weighted by atomic mass is 10.1. The molecular weight excluding hydrogens is 415 g/mol.